The van der Waals surface area contributed by atoms with Gasteiger partial charge in [-0.2, -0.15) is 5.10 Å². The van der Waals surface area contributed by atoms with Crippen molar-refractivity contribution in [1.29, 1.82) is 0 Å². The summed E-state index contributed by atoms with van der Waals surface area (Å²) in [6.45, 7) is 6.94. The number of aryl methyl sites for hydroxylation is 2. The average Bonchev–Trinajstić information content (AvgIpc) is 3.12. The van der Waals surface area contributed by atoms with Gasteiger partial charge in [-0.1, -0.05) is 13.8 Å². The summed E-state index contributed by atoms with van der Waals surface area (Å²) >= 11 is 0. The van der Waals surface area contributed by atoms with Crippen molar-refractivity contribution in [3.63, 3.8) is 0 Å². The third-order valence-electron chi connectivity index (χ3n) is 9.90. The number of aromatic nitrogens is 2. The fraction of sp³-hybridized carbons (Fsp3) is 0.800. The third-order valence-corrected chi connectivity index (χ3v) is 9.90. The number of fused-ring (bicyclic) bond motifs is 5. The Bertz CT molecular complexity index is 829. The lowest BCUT2D eigenvalue weighted by atomic mass is 9.45. The van der Waals surface area contributed by atoms with E-state index >= 15 is 0 Å². The van der Waals surface area contributed by atoms with Crippen LogP contribution in [0.3, 0.4) is 0 Å². The Labute approximate surface area is 175 Å². The zero-order chi connectivity index (χ0) is 20.6. The lowest BCUT2D eigenvalue weighted by Crippen LogP contribution is -2.54. The second-order valence-electron chi connectivity index (χ2n) is 11.3. The number of aliphatic hydroxyl groups is 2. The van der Waals surface area contributed by atoms with Crippen LogP contribution >= 0.6 is 0 Å². The first-order valence-electron chi connectivity index (χ1n) is 11.8. The molecule has 4 nitrogen and oxygen atoms in total. The van der Waals surface area contributed by atoms with Gasteiger partial charge in [-0.3, -0.25) is 4.68 Å². The van der Waals surface area contributed by atoms with Gasteiger partial charge in [-0.25, -0.2) is 0 Å². The molecule has 0 bridgehead atoms. The Balaban J connectivity index is 1.45. The maximum Gasteiger partial charge on any atom is 0.0809 e. The largest absolute Gasteiger partial charge is 0.393 e. The molecule has 1 aromatic rings. The van der Waals surface area contributed by atoms with Gasteiger partial charge in [0.15, 0.2) is 0 Å². The predicted octanol–water partition coefficient (Wildman–Crippen LogP) is 4.49. The lowest BCUT2D eigenvalue weighted by molar-refractivity contribution is -0.133. The molecule has 1 heterocycles. The minimum absolute atomic E-state index is 0.0144. The molecule has 4 fully saturated rings. The van der Waals surface area contributed by atoms with Gasteiger partial charge in [0.05, 0.1) is 17.9 Å². The summed E-state index contributed by atoms with van der Waals surface area (Å²) in [5.74, 6) is 2.76. The number of nitrogens with zero attached hydrogens (tertiary/aromatic N) is 2. The molecule has 29 heavy (non-hydrogen) atoms. The summed E-state index contributed by atoms with van der Waals surface area (Å²) in [7, 11) is 1.96. The quantitative estimate of drug-likeness (QED) is 0.733. The van der Waals surface area contributed by atoms with Crippen LogP contribution in [0.2, 0.25) is 0 Å². The first-order chi connectivity index (χ1) is 13.7. The molecule has 0 aromatic carbocycles. The Morgan fingerprint density at radius 2 is 1.83 bits per heavy atom. The fourth-order valence-electron chi connectivity index (χ4n) is 8.19. The number of rotatable bonds is 1. The summed E-state index contributed by atoms with van der Waals surface area (Å²) in [6, 6.07) is 0. The van der Waals surface area contributed by atoms with Crippen LogP contribution in [0.25, 0.3) is 6.08 Å². The molecule has 4 aliphatic rings. The molecule has 8 unspecified atom stereocenters. The minimum Gasteiger partial charge on any atom is -0.393 e. The van der Waals surface area contributed by atoms with Crippen LogP contribution in [-0.4, -0.2) is 32.2 Å². The van der Waals surface area contributed by atoms with E-state index < -0.39 is 0 Å². The van der Waals surface area contributed by atoms with E-state index in [-0.39, 0.29) is 17.6 Å². The summed E-state index contributed by atoms with van der Waals surface area (Å²) in [6.07, 6.45) is 13.0. The van der Waals surface area contributed by atoms with Crippen LogP contribution < -0.4 is 0 Å². The van der Waals surface area contributed by atoms with E-state index in [9.17, 15) is 10.2 Å². The van der Waals surface area contributed by atoms with Gasteiger partial charge < -0.3 is 10.2 Å². The normalized spacial score (nSPS) is 48.3. The molecule has 1 aromatic heterocycles. The topological polar surface area (TPSA) is 58.3 Å². The van der Waals surface area contributed by atoms with Crippen molar-refractivity contribution in [2.24, 2.45) is 41.5 Å². The molecule has 5 rings (SSSR count). The molecular weight excluding hydrogens is 360 g/mol. The molecule has 160 valence electrons. The highest BCUT2D eigenvalue weighted by atomic mass is 16.3. The van der Waals surface area contributed by atoms with Gasteiger partial charge in [-0.15, -0.1) is 0 Å². The fourth-order valence-corrected chi connectivity index (χ4v) is 8.19. The van der Waals surface area contributed by atoms with Crippen LogP contribution in [0.1, 0.15) is 76.5 Å². The third kappa shape index (κ3) is 2.89. The monoisotopic (exact) mass is 398 g/mol. The molecule has 0 aliphatic heterocycles. The predicted molar refractivity (Wildman–Crippen MR) is 115 cm³/mol. The van der Waals surface area contributed by atoms with E-state index in [1.165, 1.54) is 31.3 Å². The summed E-state index contributed by atoms with van der Waals surface area (Å²) < 4.78 is 1.87. The molecule has 4 heteroatoms. The number of hydrogen-bond acceptors (Lipinski definition) is 3. The van der Waals surface area contributed by atoms with Crippen molar-refractivity contribution in [3.8, 4) is 0 Å². The highest BCUT2D eigenvalue weighted by Gasteiger charge is 2.61. The highest BCUT2D eigenvalue weighted by Crippen LogP contribution is 2.67. The minimum atomic E-state index is -0.327. The molecule has 4 aliphatic carbocycles. The maximum absolute atomic E-state index is 11.4. The first-order valence-corrected chi connectivity index (χ1v) is 11.8. The molecule has 0 amide bonds. The van der Waals surface area contributed by atoms with Crippen LogP contribution in [0.4, 0.5) is 0 Å². The van der Waals surface area contributed by atoms with Crippen molar-refractivity contribution < 1.29 is 10.2 Å². The zero-order valence-corrected chi connectivity index (χ0v) is 18.6. The van der Waals surface area contributed by atoms with E-state index in [4.69, 9.17) is 0 Å². The molecule has 0 radical (unpaired) electrons. The van der Waals surface area contributed by atoms with Gasteiger partial charge in [0, 0.05) is 24.2 Å². The molecule has 8 atom stereocenters. The zero-order valence-electron chi connectivity index (χ0n) is 18.6. The summed E-state index contributed by atoms with van der Waals surface area (Å²) in [5, 5.41) is 26.1. The van der Waals surface area contributed by atoms with Crippen LogP contribution in [0.5, 0.6) is 0 Å². The molecule has 0 saturated heterocycles. The van der Waals surface area contributed by atoms with Crippen molar-refractivity contribution in [3.05, 3.63) is 23.0 Å². The van der Waals surface area contributed by atoms with Crippen LogP contribution in [-0.2, 0) is 7.05 Å². The van der Waals surface area contributed by atoms with E-state index in [0.717, 1.165) is 48.8 Å². The smallest absolute Gasteiger partial charge is 0.0809 e. The second kappa shape index (κ2) is 6.68. The SMILES string of the molecule is Cc1nn(C)cc1/C=C1\CC2C3CCC4CC(O)CCC4(C)C3CCC2(C)C1O. The van der Waals surface area contributed by atoms with E-state index in [1.807, 2.05) is 11.7 Å². The Morgan fingerprint density at radius 1 is 1.07 bits per heavy atom. The van der Waals surface area contributed by atoms with E-state index in [2.05, 4.69) is 38.1 Å². The van der Waals surface area contributed by atoms with Crippen LogP contribution in [0.15, 0.2) is 11.8 Å². The van der Waals surface area contributed by atoms with Gasteiger partial charge in [0.1, 0.15) is 0 Å². The van der Waals surface area contributed by atoms with Crippen LogP contribution in [0, 0.1) is 41.4 Å². The standard InChI is InChI=1S/C25H38N2O2/c1-15-17(14-27(4)26-15)11-16-12-22-20-6-5-18-13-19(28)7-9-24(18,2)21(20)8-10-25(22,3)23(16)29/h11,14,18-23,28-29H,5-10,12-13H2,1-4H3/b16-11+. The lowest BCUT2D eigenvalue weighted by Gasteiger charge is -2.60. The average molecular weight is 399 g/mol. The van der Waals surface area contributed by atoms with Gasteiger partial charge >= 0.3 is 0 Å². The van der Waals surface area contributed by atoms with Crippen molar-refractivity contribution in [2.75, 3.05) is 0 Å². The van der Waals surface area contributed by atoms with Crippen molar-refractivity contribution in [2.45, 2.75) is 84.3 Å². The summed E-state index contributed by atoms with van der Waals surface area (Å²) in [4.78, 5) is 0. The van der Waals surface area contributed by atoms with Gasteiger partial charge in [0.25, 0.3) is 0 Å². The maximum atomic E-state index is 11.4. The molecule has 2 N–H and O–H groups in total. The van der Waals surface area contributed by atoms with Gasteiger partial charge in [-0.05, 0) is 99.0 Å². The Hall–Kier alpha value is -1.13. The molecule has 4 saturated carbocycles. The van der Waals surface area contributed by atoms with Crippen molar-refractivity contribution >= 4 is 6.08 Å². The molecular formula is C25H38N2O2. The first kappa shape index (κ1) is 19.8. The van der Waals surface area contributed by atoms with E-state index in [1.54, 1.807) is 0 Å². The summed E-state index contributed by atoms with van der Waals surface area (Å²) in [5.41, 5.74) is 3.82. The molecule has 0 spiro atoms. The number of hydrogen-bond donors (Lipinski definition) is 2. The Kier molecular flexibility index (Phi) is 4.57. The Morgan fingerprint density at radius 3 is 2.55 bits per heavy atom. The van der Waals surface area contributed by atoms with Gasteiger partial charge in [0.2, 0.25) is 0 Å². The number of aliphatic hydroxyl groups excluding tert-OH is 2. The highest BCUT2D eigenvalue weighted by molar-refractivity contribution is 5.56. The van der Waals surface area contributed by atoms with E-state index in [0.29, 0.717) is 17.3 Å². The van der Waals surface area contributed by atoms with Crippen molar-refractivity contribution in [1.82, 2.24) is 9.78 Å². The second-order valence-corrected chi connectivity index (χ2v) is 11.3.